The summed E-state index contributed by atoms with van der Waals surface area (Å²) in [6.07, 6.45) is 2.83. The van der Waals surface area contributed by atoms with Crippen LogP contribution in [0.1, 0.15) is 0 Å². The van der Waals surface area contributed by atoms with Crippen LogP contribution in [0.5, 0.6) is 0 Å². The van der Waals surface area contributed by atoms with Crippen molar-refractivity contribution in [3.63, 3.8) is 0 Å². The SMILES string of the molecule is O[C@H](CNc1ccncc1Cl)CN1CCOCC1. The lowest BCUT2D eigenvalue weighted by Crippen LogP contribution is -2.42. The van der Waals surface area contributed by atoms with Crippen LogP contribution in [0.4, 0.5) is 5.69 Å². The number of pyridine rings is 1. The maximum absolute atomic E-state index is 9.95. The number of nitrogens with one attached hydrogen (secondary N) is 1. The van der Waals surface area contributed by atoms with Crippen LogP contribution >= 0.6 is 11.6 Å². The van der Waals surface area contributed by atoms with Crippen molar-refractivity contribution in [2.45, 2.75) is 6.10 Å². The van der Waals surface area contributed by atoms with Crippen LogP contribution in [0.15, 0.2) is 18.5 Å². The van der Waals surface area contributed by atoms with Gasteiger partial charge in [-0.3, -0.25) is 9.88 Å². The van der Waals surface area contributed by atoms with Gasteiger partial charge in [-0.05, 0) is 6.07 Å². The molecule has 2 N–H and O–H groups in total. The quantitative estimate of drug-likeness (QED) is 0.831. The Labute approximate surface area is 112 Å². The van der Waals surface area contributed by atoms with E-state index in [1.54, 1.807) is 18.5 Å². The van der Waals surface area contributed by atoms with Crippen LogP contribution in [0, 0.1) is 0 Å². The number of aliphatic hydroxyl groups is 1. The summed E-state index contributed by atoms with van der Waals surface area (Å²) in [5.41, 5.74) is 0.799. The van der Waals surface area contributed by atoms with E-state index in [9.17, 15) is 5.11 Å². The normalized spacial score (nSPS) is 18.6. The molecule has 2 rings (SSSR count). The number of nitrogens with zero attached hydrogens (tertiary/aromatic N) is 2. The average molecular weight is 272 g/mol. The minimum Gasteiger partial charge on any atom is -0.390 e. The first-order chi connectivity index (χ1) is 8.75. The molecule has 0 aliphatic carbocycles. The molecule has 0 spiro atoms. The van der Waals surface area contributed by atoms with E-state index in [0.717, 1.165) is 32.0 Å². The molecular formula is C12H18ClN3O2. The van der Waals surface area contributed by atoms with Gasteiger partial charge in [-0.25, -0.2) is 0 Å². The number of hydrogen-bond donors (Lipinski definition) is 2. The van der Waals surface area contributed by atoms with Crippen molar-refractivity contribution in [3.8, 4) is 0 Å². The fourth-order valence-corrected chi connectivity index (χ4v) is 2.08. The number of aliphatic hydroxyl groups excluding tert-OH is 1. The molecule has 18 heavy (non-hydrogen) atoms. The smallest absolute Gasteiger partial charge is 0.0839 e. The molecule has 1 aliphatic rings. The molecular weight excluding hydrogens is 254 g/mol. The predicted molar refractivity (Wildman–Crippen MR) is 71.0 cm³/mol. The Morgan fingerprint density at radius 3 is 3.00 bits per heavy atom. The molecule has 2 heterocycles. The molecule has 0 bridgehead atoms. The number of halogens is 1. The number of hydrogen-bond acceptors (Lipinski definition) is 5. The zero-order chi connectivity index (χ0) is 12.8. The number of morpholine rings is 1. The molecule has 1 fully saturated rings. The number of anilines is 1. The number of aromatic nitrogens is 1. The van der Waals surface area contributed by atoms with Crippen LogP contribution in [-0.4, -0.2) is 60.5 Å². The molecule has 0 unspecified atom stereocenters. The Bertz CT molecular complexity index is 372. The highest BCUT2D eigenvalue weighted by atomic mass is 35.5. The maximum atomic E-state index is 9.95. The third kappa shape index (κ3) is 4.10. The molecule has 100 valence electrons. The first-order valence-corrected chi connectivity index (χ1v) is 6.45. The minimum atomic E-state index is -0.424. The van der Waals surface area contributed by atoms with Gasteiger partial charge in [0.05, 0.1) is 30.0 Å². The third-order valence-electron chi connectivity index (χ3n) is 2.87. The average Bonchev–Trinajstić information content (AvgIpc) is 2.39. The van der Waals surface area contributed by atoms with E-state index in [-0.39, 0.29) is 0 Å². The lowest BCUT2D eigenvalue weighted by atomic mass is 10.3. The molecule has 6 heteroatoms. The summed E-state index contributed by atoms with van der Waals surface area (Å²) in [7, 11) is 0. The Morgan fingerprint density at radius 1 is 1.50 bits per heavy atom. The van der Waals surface area contributed by atoms with E-state index in [0.29, 0.717) is 18.1 Å². The summed E-state index contributed by atoms with van der Waals surface area (Å²) < 4.78 is 5.26. The zero-order valence-electron chi connectivity index (χ0n) is 10.2. The molecule has 1 saturated heterocycles. The van der Waals surface area contributed by atoms with Crippen LogP contribution in [-0.2, 0) is 4.74 Å². The van der Waals surface area contributed by atoms with Gasteiger partial charge in [0.1, 0.15) is 0 Å². The lowest BCUT2D eigenvalue weighted by Gasteiger charge is -2.28. The largest absolute Gasteiger partial charge is 0.390 e. The Morgan fingerprint density at radius 2 is 2.28 bits per heavy atom. The highest BCUT2D eigenvalue weighted by molar-refractivity contribution is 6.33. The van der Waals surface area contributed by atoms with E-state index in [4.69, 9.17) is 16.3 Å². The number of ether oxygens (including phenoxy) is 1. The summed E-state index contributed by atoms with van der Waals surface area (Å²) in [5, 5.41) is 13.6. The monoisotopic (exact) mass is 271 g/mol. The van der Waals surface area contributed by atoms with Crippen molar-refractivity contribution in [1.29, 1.82) is 0 Å². The van der Waals surface area contributed by atoms with Crippen LogP contribution in [0.25, 0.3) is 0 Å². The summed E-state index contributed by atoms with van der Waals surface area (Å²) in [5.74, 6) is 0. The lowest BCUT2D eigenvalue weighted by molar-refractivity contribution is 0.0171. The standard InChI is InChI=1S/C12H18ClN3O2/c13-11-8-14-2-1-12(11)15-7-10(17)9-16-3-5-18-6-4-16/h1-2,8,10,17H,3-7,9H2,(H,14,15)/t10-/m1/s1. The Balaban J connectivity index is 1.74. The second-order valence-corrected chi connectivity index (χ2v) is 4.71. The van der Waals surface area contributed by atoms with Crippen LogP contribution in [0.3, 0.4) is 0 Å². The van der Waals surface area contributed by atoms with Crippen molar-refractivity contribution in [2.24, 2.45) is 0 Å². The molecule has 0 amide bonds. The predicted octanol–water partition coefficient (Wildman–Crippen LogP) is 0.840. The van der Waals surface area contributed by atoms with E-state index in [1.165, 1.54) is 0 Å². The number of rotatable bonds is 5. The third-order valence-corrected chi connectivity index (χ3v) is 3.17. The van der Waals surface area contributed by atoms with E-state index in [1.807, 2.05) is 0 Å². The molecule has 1 atom stereocenters. The first-order valence-electron chi connectivity index (χ1n) is 6.07. The fraction of sp³-hybridized carbons (Fsp3) is 0.583. The minimum absolute atomic E-state index is 0.424. The van der Waals surface area contributed by atoms with Gasteiger partial charge in [-0.2, -0.15) is 0 Å². The Kier molecular flexibility index (Phi) is 5.19. The Hall–Kier alpha value is -0.880. The molecule has 0 saturated carbocycles. The zero-order valence-corrected chi connectivity index (χ0v) is 10.9. The van der Waals surface area contributed by atoms with Crippen LogP contribution < -0.4 is 5.32 Å². The van der Waals surface area contributed by atoms with Gasteiger partial charge >= 0.3 is 0 Å². The van der Waals surface area contributed by atoms with Crippen molar-refractivity contribution in [3.05, 3.63) is 23.5 Å². The molecule has 1 aromatic heterocycles. The van der Waals surface area contributed by atoms with Gasteiger partial charge in [-0.1, -0.05) is 11.6 Å². The highest BCUT2D eigenvalue weighted by Gasteiger charge is 2.14. The topological polar surface area (TPSA) is 57.6 Å². The summed E-state index contributed by atoms with van der Waals surface area (Å²) in [4.78, 5) is 6.11. The summed E-state index contributed by atoms with van der Waals surface area (Å²) in [6.45, 7) is 4.38. The van der Waals surface area contributed by atoms with Crippen molar-refractivity contribution in [2.75, 3.05) is 44.7 Å². The van der Waals surface area contributed by atoms with Crippen molar-refractivity contribution < 1.29 is 9.84 Å². The van der Waals surface area contributed by atoms with E-state index >= 15 is 0 Å². The van der Waals surface area contributed by atoms with Gasteiger partial charge in [0.15, 0.2) is 0 Å². The van der Waals surface area contributed by atoms with Gasteiger partial charge in [0.25, 0.3) is 0 Å². The van der Waals surface area contributed by atoms with Gasteiger partial charge in [-0.15, -0.1) is 0 Å². The molecule has 0 aromatic carbocycles. The van der Waals surface area contributed by atoms with Gasteiger partial charge in [0.2, 0.25) is 0 Å². The van der Waals surface area contributed by atoms with Crippen LogP contribution in [0.2, 0.25) is 5.02 Å². The molecule has 1 aromatic rings. The van der Waals surface area contributed by atoms with E-state index < -0.39 is 6.10 Å². The molecule has 5 nitrogen and oxygen atoms in total. The van der Waals surface area contributed by atoms with E-state index in [2.05, 4.69) is 15.2 Å². The maximum Gasteiger partial charge on any atom is 0.0839 e. The summed E-state index contributed by atoms with van der Waals surface area (Å²) in [6, 6.07) is 1.80. The second-order valence-electron chi connectivity index (χ2n) is 4.30. The van der Waals surface area contributed by atoms with Crippen molar-refractivity contribution in [1.82, 2.24) is 9.88 Å². The van der Waals surface area contributed by atoms with Crippen molar-refractivity contribution >= 4 is 17.3 Å². The molecule has 1 aliphatic heterocycles. The molecule has 0 radical (unpaired) electrons. The summed E-state index contributed by atoms with van der Waals surface area (Å²) >= 11 is 5.97. The first kappa shape index (κ1) is 13.5. The fourth-order valence-electron chi connectivity index (χ4n) is 1.89. The van der Waals surface area contributed by atoms with Gasteiger partial charge < -0.3 is 15.2 Å². The van der Waals surface area contributed by atoms with Gasteiger partial charge in [0, 0.05) is 38.6 Å². The number of β-amino-alcohol motifs (C(OH)–C–C–N with tert-alkyl or cyclic N) is 1. The highest BCUT2D eigenvalue weighted by Crippen LogP contribution is 2.18. The second kappa shape index (κ2) is 6.89.